The van der Waals surface area contributed by atoms with Gasteiger partial charge in [-0.3, -0.25) is 0 Å². The number of nitrogens with zero attached hydrogens (tertiary/aromatic N) is 4. The predicted octanol–water partition coefficient (Wildman–Crippen LogP) is 5.68. The molecule has 2 amide bonds. The summed E-state index contributed by atoms with van der Waals surface area (Å²) in [5, 5.41) is 7.21. The Labute approximate surface area is 205 Å². The zero-order valence-corrected chi connectivity index (χ0v) is 20.3. The van der Waals surface area contributed by atoms with Crippen molar-refractivity contribution in [2.75, 3.05) is 36.4 Å². The van der Waals surface area contributed by atoms with E-state index in [4.69, 9.17) is 4.52 Å². The largest absolute Gasteiger partial charge is 0.368 e. The first-order chi connectivity index (χ1) is 17.0. The lowest BCUT2D eigenvalue weighted by atomic mass is 10.1. The molecule has 0 saturated carbocycles. The summed E-state index contributed by atoms with van der Waals surface area (Å²) in [6, 6.07) is 22.2. The van der Waals surface area contributed by atoms with E-state index in [1.54, 1.807) is 0 Å². The van der Waals surface area contributed by atoms with Crippen LogP contribution in [-0.4, -0.2) is 47.3 Å². The molecule has 1 fully saturated rings. The fourth-order valence-corrected chi connectivity index (χ4v) is 4.21. The van der Waals surface area contributed by atoms with Crippen LogP contribution >= 0.6 is 0 Å². The van der Waals surface area contributed by atoms with Crippen molar-refractivity contribution in [1.29, 1.82) is 0 Å². The Balaban J connectivity index is 1.19. The highest BCUT2D eigenvalue weighted by molar-refractivity contribution is 5.90. The molecule has 1 aliphatic heterocycles. The van der Waals surface area contributed by atoms with Crippen molar-refractivity contribution in [1.82, 2.24) is 15.0 Å². The number of urea groups is 1. The van der Waals surface area contributed by atoms with Crippen molar-refractivity contribution in [2.45, 2.75) is 20.8 Å². The number of rotatable bonds is 4. The summed E-state index contributed by atoms with van der Waals surface area (Å²) in [5.41, 5.74) is 7.19. The summed E-state index contributed by atoms with van der Waals surface area (Å²) in [7, 11) is 0. The highest BCUT2D eigenvalue weighted by Gasteiger charge is 2.22. The second kappa shape index (κ2) is 9.62. The van der Waals surface area contributed by atoms with E-state index in [1.807, 2.05) is 74.2 Å². The Morgan fingerprint density at radius 2 is 1.49 bits per heavy atom. The number of carbonyl (C=O) groups is 1. The van der Waals surface area contributed by atoms with Gasteiger partial charge in [0, 0.05) is 48.7 Å². The maximum atomic E-state index is 12.8. The van der Waals surface area contributed by atoms with Gasteiger partial charge in [0.05, 0.1) is 0 Å². The van der Waals surface area contributed by atoms with Crippen LogP contribution < -0.4 is 10.2 Å². The Kier molecular flexibility index (Phi) is 6.23. The molecule has 1 saturated heterocycles. The maximum Gasteiger partial charge on any atom is 0.321 e. The molecule has 0 atom stereocenters. The van der Waals surface area contributed by atoms with Crippen LogP contribution in [0.4, 0.5) is 16.2 Å². The van der Waals surface area contributed by atoms with E-state index in [1.165, 1.54) is 5.56 Å². The first-order valence-electron chi connectivity index (χ1n) is 11.9. The first-order valence-corrected chi connectivity index (χ1v) is 11.9. The number of nitrogens with one attached hydrogen (secondary N) is 1. The van der Waals surface area contributed by atoms with Crippen molar-refractivity contribution >= 4 is 17.4 Å². The smallest absolute Gasteiger partial charge is 0.321 e. The lowest BCUT2D eigenvalue weighted by Crippen LogP contribution is -2.50. The Bertz CT molecular complexity index is 1320. The van der Waals surface area contributed by atoms with Gasteiger partial charge in [0.25, 0.3) is 5.89 Å². The van der Waals surface area contributed by atoms with Crippen molar-refractivity contribution < 1.29 is 9.32 Å². The quantitative estimate of drug-likeness (QED) is 0.418. The third-order valence-corrected chi connectivity index (χ3v) is 6.42. The number of piperazine rings is 1. The maximum absolute atomic E-state index is 12.8. The number of hydrogen-bond donors (Lipinski definition) is 1. The van der Waals surface area contributed by atoms with Crippen LogP contribution in [0.2, 0.25) is 0 Å². The van der Waals surface area contributed by atoms with Crippen LogP contribution in [0.25, 0.3) is 22.8 Å². The molecular weight excluding hydrogens is 438 g/mol. The van der Waals surface area contributed by atoms with Crippen molar-refractivity contribution in [3.8, 4) is 22.8 Å². The van der Waals surface area contributed by atoms with Crippen LogP contribution in [0.1, 0.15) is 16.7 Å². The number of aromatic nitrogens is 2. The van der Waals surface area contributed by atoms with Gasteiger partial charge in [-0.1, -0.05) is 35.0 Å². The summed E-state index contributed by atoms with van der Waals surface area (Å²) in [6.45, 7) is 8.98. The fraction of sp³-hybridized carbons (Fsp3) is 0.250. The summed E-state index contributed by atoms with van der Waals surface area (Å²) in [4.78, 5) is 21.5. The molecule has 4 aromatic rings. The number of benzene rings is 3. The Hall–Kier alpha value is -4.13. The van der Waals surface area contributed by atoms with Gasteiger partial charge in [-0.25, -0.2) is 4.79 Å². The average molecular weight is 468 g/mol. The standard InChI is InChI=1S/C28H29N5O2/c1-19-5-8-23(9-6-19)27-30-26(31-35-27)22-10-12-24(13-11-22)32-14-16-33(17-15-32)28(34)29-25-18-20(2)4-7-21(25)3/h4-13,18H,14-17H2,1-3H3,(H,29,34). The number of aryl methyl sites for hydroxylation is 3. The van der Waals surface area contributed by atoms with Crippen LogP contribution in [0.15, 0.2) is 71.3 Å². The number of amides is 2. The molecule has 35 heavy (non-hydrogen) atoms. The molecule has 0 aliphatic carbocycles. The van der Waals surface area contributed by atoms with Crippen molar-refractivity contribution in [3.05, 3.63) is 83.4 Å². The number of hydrogen-bond acceptors (Lipinski definition) is 5. The third-order valence-electron chi connectivity index (χ3n) is 6.42. The first kappa shape index (κ1) is 22.7. The minimum Gasteiger partial charge on any atom is -0.368 e. The molecule has 5 rings (SSSR count). The number of anilines is 2. The summed E-state index contributed by atoms with van der Waals surface area (Å²) in [5.74, 6) is 1.08. The Morgan fingerprint density at radius 3 is 2.20 bits per heavy atom. The normalized spacial score (nSPS) is 13.7. The Morgan fingerprint density at radius 1 is 0.829 bits per heavy atom. The fourth-order valence-electron chi connectivity index (χ4n) is 4.21. The van der Waals surface area contributed by atoms with E-state index in [-0.39, 0.29) is 6.03 Å². The minimum absolute atomic E-state index is 0.0461. The molecular formula is C28H29N5O2. The summed E-state index contributed by atoms with van der Waals surface area (Å²) < 4.78 is 5.47. The van der Waals surface area contributed by atoms with Crippen LogP contribution in [0, 0.1) is 20.8 Å². The minimum atomic E-state index is -0.0461. The second-order valence-electron chi connectivity index (χ2n) is 9.06. The van der Waals surface area contributed by atoms with Crippen molar-refractivity contribution in [2.24, 2.45) is 0 Å². The van der Waals surface area contributed by atoms with E-state index < -0.39 is 0 Å². The third kappa shape index (κ3) is 5.04. The molecule has 0 unspecified atom stereocenters. The molecule has 178 valence electrons. The molecule has 1 aliphatic rings. The van der Waals surface area contributed by atoms with Crippen LogP contribution in [-0.2, 0) is 0 Å². The SMILES string of the molecule is Cc1ccc(-c2nc(-c3ccc(N4CCN(C(=O)Nc5cc(C)ccc5C)CC4)cc3)no2)cc1. The van der Waals surface area contributed by atoms with Gasteiger partial charge in [0.2, 0.25) is 5.82 Å². The van der Waals surface area contributed by atoms with E-state index in [0.29, 0.717) is 24.8 Å². The van der Waals surface area contributed by atoms with Gasteiger partial charge < -0.3 is 19.6 Å². The average Bonchev–Trinajstić information content (AvgIpc) is 3.37. The van der Waals surface area contributed by atoms with E-state index in [2.05, 4.69) is 38.6 Å². The lowest BCUT2D eigenvalue weighted by Gasteiger charge is -2.36. The molecule has 2 heterocycles. The van der Waals surface area contributed by atoms with E-state index in [0.717, 1.165) is 46.7 Å². The molecule has 7 nitrogen and oxygen atoms in total. The monoisotopic (exact) mass is 467 g/mol. The predicted molar refractivity (Wildman–Crippen MR) is 139 cm³/mol. The summed E-state index contributed by atoms with van der Waals surface area (Å²) >= 11 is 0. The zero-order chi connectivity index (χ0) is 24.4. The van der Waals surface area contributed by atoms with E-state index >= 15 is 0 Å². The number of carbonyl (C=O) groups excluding carboxylic acids is 1. The van der Waals surface area contributed by atoms with E-state index in [9.17, 15) is 4.79 Å². The second-order valence-corrected chi connectivity index (χ2v) is 9.06. The van der Waals surface area contributed by atoms with Crippen LogP contribution in [0.5, 0.6) is 0 Å². The van der Waals surface area contributed by atoms with Gasteiger partial charge in [0.15, 0.2) is 0 Å². The van der Waals surface area contributed by atoms with Crippen LogP contribution in [0.3, 0.4) is 0 Å². The molecule has 0 bridgehead atoms. The van der Waals surface area contributed by atoms with Gasteiger partial charge in [-0.15, -0.1) is 0 Å². The van der Waals surface area contributed by atoms with Gasteiger partial charge in [0.1, 0.15) is 0 Å². The van der Waals surface area contributed by atoms with Gasteiger partial charge >= 0.3 is 6.03 Å². The molecule has 0 radical (unpaired) electrons. The topological polar surface area (TPSA) is 74.5 Å². The molecule has 7 heteroatoms. The molecule has 3 aromatic carbocycles. The zero-order valence-electron chi connectivity index (χ0n) is 20.3. The van der Waals surface area contributed by atoms with Gasteiger partial charge in [-0.05, 0) is 74.4 Å². The molecule has 1 aromatic heterocycles. The molecule has 1 N–H and O–H groups in total. The lowest BCUT2D eigenvalue weighted by molar-refractivity contribution is 0.208. The molecule has 0 spiro atoms. The van der Waals surface area contributed by atoms with Gasteiger partial charge in [-0.2, -0.15) is 4.98 Å². The highest BCUT2D eigenvalue weighted by atomic mass is 16.5. The van der Waals surface area contributed by atoms with Crippen molar-refractivity contribution in [3.63, 3.8) is 0 Å². The highest BCUT2D eigenvalue weighted by Crippen LogP contribution is 2.25. The summed E-state index contributed by atoms with van der Waals surface area (Å²) in [6.07, 6.45) is 0.